The lowest BCUT2D eigenvalue weighted by Crippen LogP contribution is -2.43. The van der Waals surface area contributed by atoms with Gasteiger partial charge in [-0.1, -0.05) is 39.4 Å². The highest BCUT2D eigenvalue weighted by molar-refractivity contribution is 9.10. The summed E-state index contributed by atoms with van der Waals surface area (Å²) < 4.78 is 1.10. The molecule has 0 aliphatic carbocycles. The maximum Gasteiger partial charge on any atom is 0.125 e. The number of aromatic nitrogens is 1. The first-order valence-electron chi connectivity index (χ1n) is 6.43. The van der Waals surface area contributed by atoms with E-state index in [9.17, 15) is 0 Å². The number of rotatable bonds is 2. The number of hydrogen-bond acceptors (Lipinski definition) is 4. The van der Waals surface area contributed by atoms with Gasteiger partial charge in [-0.2, -0.15) is 0 Å². The van der Waals surface area contributed by atoms with Crippen LogP contribution in [-0.4, -0.2) is 31.2 Å². The summed E-state index contributed by atoms with van der Waals surface area (Å²) in [6, 6.07) is 8.34. The molecule has 100 valence electrons. The van der Waals surface area contributed by atoms with E-state index in [0.717, 1.165) is 41.4 Å². The van der Waals surface area contributed by atoms with Gasteiger partial charge in [-0.3, -0.25) is 0 Å². The predicted molar refractivity (Wildman–Crippen MR) is 85.1 cm³/mol. The van der Waals surface area contributed by atoms with Crippen LogP contribution in [0.1, 0.15) is 5.69 Å². The second-order valence-corrected chi connectivity index (χ2v) is 6.55. The molecule has 1 aliphatic rings. The lowest BCUT2D eigenvalue weighted by molar-refractivity contribution is 0.591. The van der Waals surface area contributed by atoms with E-state index in [0.29, 0.717) is 0 Å². The molecular formula is C14H16BrN3S. The van der Waals surface area contributed by atoms with Crippen molar-refractivity contribution in [1.82, 2.24) is 10.3 Å². The van der Waals surface area contributed by atoms with E-state index in [1.807, 2.05) is 6.07 Å². The normalized spacial score (nSPS) is 15.8. The van der Waals surface area contributed by atoms with Crippen LogP contribution in [0.2, 0.25) is 0 Å². The highest BCUT2D eigenvalue weighted by atomic mass is 79.9. The summed E-state index contributed by atoms with van der Waals surface area (Å²) in [4.78, 5) is 7.17. The lowest BCUT2D eigenvalue weighted by Gasteiger charge is -2.28. The molecule has 0 radical (unpaired) electrons. The Balaban J connectivity index is 1.92. The number of thiazole rings is 1. The monoisotopic (exact) mass is 337 g/mol. The Morgan fingerprint density at radius 3 is 2.84 bits per heavy atom. The summed E-state index contributed by atoms with van der Waals surface area (Å²) >= 11 is 5.31. The van der Waals surface area contributed by atoms with Crippen molar-refractivity contribution < 1.29 is 0 Å². The van der Waals surface area contributed by atoms with Gasteiger partial charge in [0, 0.05) is 36.2 Å². The van der Waals surface area contributed by atoms with Gasteiger partial charge in [0.25, 0.3) is 0 Å². The Morgan fingerprint density at radius 1 is 1.32 bits per heavy atom. The topological polar surface area (TPSA) is 28.2 Å². The van der Waals surface area contributed by atoms with Crippen molar-refractivity contribution >= 4 is 32.3 Å². The van der Waals surface area contributed by atoms with Gasteiger partial charge in [-0.25, -0.2) is 4.98 Å². The molecule has 1 saturated heterocycles. The second kappa shape index (κ2) is 5.61. The van der Waals surface area contributed by atoms with Gasteiger partial charge in [0.1, 0.15) is 10.0 Å². The fourth-order valence-corrected chi connectivity index (χ4v) is 3.81. The number of benzene rings is 1. The summed E-state index contributed by atoms with van der Waals surface area (Å²) in [7, 11) is 0. The fourth-order valence-electron chi connectivity index (χ4n) is 2.29. The summed E-state index contributed by atoms with van der Waals surface area (Å²) in [6.45, 7) is 6.37. The quantitative estimate of drug-likeness (QED) is 0.911. The molecule has 3 rings (SSSR count). The SMILES string of the molecule is Cc1nc(-c2cccc(Br)c2)sc1N1CCNCC1. The minimum atomic E-state index is 1.06. The Hall–Kier alpha value is -0.910. The van der Waals surface area contributed by atoms with Crippen LogP contribution < -0.4 is 10.2 Å². The fraction of sp³-hybridized carbons (Fsp3) is 0.357. The molecule has 5 heteroatoms. The van der Waals surface area contributed by atoms with Crippen LogP contribution in [0.4, 0.5) is 5.00 Å². The molecule has 2 heterocycles. The zero-order chi connectivity index (χ0) is 13.2. The van der Waals surface area contributed by atoms with Crippen LogP contribution in [0.5, 0.6) is 0 Å². The molecule has 1 fully saturated rings. The zero-order valence-electron chi connectivity index (χ0n) is 10.8. The predicted octanol–water partition coefficient (Wildman–Crippen LogP) is 3.29. The summed E-state index contributed by atoms with van der Waals surface area (Å²) in [5.41, 5.74) is 2.32. The minimum absolute atomic E-state index is 1.06. The highest BCUT2D eigenvalue weighted by Gasteiger charge is 2.17. The average Bonchev–Trinajstić information content (AvgIpc) is 2.82. The summed E-state index contributed by atoms with van der Waals surface area (Å²) in [5.74, 6) is 0. The van der Waals surface area contributed by atoms with E-state index >= 15 is 0 Å². The van der Waals surface area contributed by atoms with Crippen LogP contribution in [-0.2, 0) is 0 Å². The largest absolute Gasteiger partial charge is 0.359 e. The van der Waals surface area contributed by atoms with Crippen LogP contribution in [0.3, 0.4) is 0 Å². The van der Waals surface area contributed by atoms with Crippen molar-refractivity contribution in [3.05, 3.63) is 34.4 Å². The van der Waals surface area contributed by atoms with Gasteiger partial charge in [0.05, 0.1) is 5.69 Å². The number of nitrogens with zero attached hydrogens (tertiary/aromatic N) is 2. The number of piperazine rings is 1. The van der Waals surface area contributed by atoms with Gasteiger partial charge in [-0.05, 0) is 19.1 Å². The molecular weight excluding hydrogens is 322 g/mol. The first-order chi connectivity index (χ1) is 9.24. The molecule has 0 spiro atoms. The van der Waals surface area contributed by atoms with Crippen LogP contribution in [0.25, 0.3) is 10.6 Å². The van der Waals surface area contributed by atoms with E-state index in [1.54, 1.807) is 11.3 Å². The molecule has 1 aromatic carbocycles. The number of halogens is 1. The van der Waals surface area contributed by atoms with E-state index in [2.05, 4.69) is 51.3 Å². The van der Waals surface area contributed by atoms with Crippen molar-refractivity contribution in [3.8, 4) is 10.6 Å². The van der Waals surface area contributed by atoms with Crippen LogP contribution in [0.15, 0.2) is 28.7 Å². The third kappa shape index (κ3) is 2.83. The Kier molecular flexibility index (Phi) is 3.86. The first kappa shape index (κ1) is 13.1. The molecule has 0 saturated carbocycles. The first-order valence-corrected chi connectivity index (χ1v) is 8.04. The molecule has 2 aromatic rings. The Bertz CT molecular complexity index is 576. The van der Waals surface area contributed by atoms with E-state index in [1.165, 1.54) is 10.6 Å². The van der Waals surface area contributed by atoms with E-state index in [-0.39, 0.29) is 0 Å². The van der Waals surface area contributed by atoms with Gasteiger partial charge in [0.15, 0.2) is 0 Å². The average molecular weight is 338 g/mol. The Labute approximate surface area is 125 Å². The lowest BCUT2D eigenvalue weighted by atomic mass is 10.2. The minimum Gasteiger partial charge on any atom is -0.359 e. The van der Waals surface area contributed by atoms with E-state index in [4.69, 9.17) is 4.98 Å². The molecule has 0 amide bonds. The van der Waals surface area contributed by atoms with Crippen molar-refractivity contribution in [1.29, 1.82) is 0 Å². The van der Waals surface area contributed by atoms with Gasteiger partial charge in [0.2, 0.25) is 0 Å². The summed E-state index contributed by atoms with van der Waals surface area (Å²) in [6.07, 6.45) is 0. The molecule has 1 N–H and O–H groups in total. The van der Waals surface area contributed by atoms with Crippen molar-refractivity contribution in [2.75, 3.05) is 31.1 Å². The van der Waals surface area contributed by atoms with Gasteiger partial charge in [-0.15, -0.1) is 0 Å². The summed E-state index contributed by atoms with van der Waals surface area (Å²) in [5, 5.41) is 5.81. The van der Waals surface area contributed by atoms with E-state index < -0.39 is 0 Å². The maximum absolute atomic E-state index is 4.73. The van der Waals surface area contributed by atoms with Crippen LogP contribution >= 0.6 is 27.3 Å². The maximum atomic E-state index is 4.73. The standard InChI is InChI=1S/C14H16BrN3S/c1-10-14(18-7-5-16-6-8-18)19-13(17-10)11-3-2-4-12(15)9-11/h2-4,9,16H,5-8H2,1H3. The number of aryl methyl sites for hydroxylation is 1. The molecule has 19 heavy (non-hydrogen) atoms. The second-order valence-electron chi connectivity index (χ2n) is 4.66. The van der Waals surface area contributed by atoms with Crippen molar-refractivity contribution in [2.45, 2.75) is 6.92 Å². The van der Waals surface area contributed by atoms with Gasteiger partial charge >= 0.3 is 0 Å². The molecule has 0 atom stereocenters. The van der Waals surface area contributed by atoms with Crippen molar-refractivity contribution in [2.24, 2.45) is 0 Å². The van der Waals surface area contributed by atoms with Gasteiger partial charge < -0.3 is 10.2 Å². The molecule has 0 unspecified atom stereocenters. The van der Waals surface area contributed by atoms with Crippen LogP contribution in [0, 0.1) is 6.92 Å². The number of nitrogens with one attached hydrogen (secondary N) is 1. The Morgan fingerprint density at radius 2 is 2.11 bits per heavy atom. The molecule has 3 nitrogen and oxygen atoms in total. The molecule has 0 bridgehead atoms. The molecule has 1 aromatic heterocycles. The number of anilines is 1. The highest BCUT2D eigenvalue weighted by Crippen LogP contribution is 2.35. The third-order valence-corrected chi connectivity index (χ3v) is 5.01. The number of hydrogen-bond donors (Lipinski definition) is 1. The molecule has 1 aliphatic heterocycles. The zero-order valence-corrected chi connectivity index (χ0v) is 13.2. The smallest absolute Gasteiger partial charge is 0.125 e. The third-order valence-electron chi connectivity index (χ3n) is 3.25. The van der Waals surface area contributed by atoms with Crippen molar-refractivity contribution in [3.63, 3.8) is 0 Å².